The molecule has 1 heterocycles. The van der Waals surface area contributed by atoms with Crippen LogP contribution in [0.1, 0.15) is 20.3 Å². The monoisotopic (exact) mass is 260 g/mol. The third kappa shape index (κ3) is 4.14. The van der Waals surface area contributed by atoms with Crippen molar-refractivity contribution in [2.24, 2.45) is 13.0 Å². The Hall–Kier alpha value is -0.850. The molecule has 0 aliphatic rings. The topological polar surface area (TPSA) is 71.3 Å². The van der Waals surface area contributed by atoms with Crippen LogP contribution in [0.5, 0.6) is 0 Å². The van der Waals surface area contributed by atoms with Crippen molar-refractivity contribution in [3.63, 3.8) is 0 Å². The standard InChI is InChI=1S/C11H20N2O3S/c1-9(2)6-10(8-14)12-17(15,16)11-4-5-13(3)7-11/h4-5,7,9-10,12,14H,6,8H2,1-3H3. The van der Waals surface area contributed by atoms with Crippen molar-refractivity contribution in [3.05, 3.63) is 18.5 Å². The molecule has 1 unspecified atom stereocenters. The molecule has 98 valence electrons. The minimum absolute atomic E-state index is 0.190. The Morgan fingerprint density at radius 2 is 2.12 bits per heavy atom. The lowest BCUT2D eigenvalue weighted by Crippen LogP contribution is -2.38. The predicted molar refractivity (Wildman–Crippen MR) is 66.1 cm³/mol. The molecule has 2 N–H and O–H groups in total. The normalized spacial score (nSPS) is 14.2. The Bertz CT molecular complexity index is 451. The number of aromatic nitrogens is 1. The van der Waals surface area contributed by atoms with Crippen LogP contribution in [-0.4, -0.2) is 30.7 Å². The quantitative estimate of drug-likeness (QED) is 0.791. The lowest BCUT2D eigenvalue weighted by molar-refractivity contribution is 0.240. The number of hydrogen-bond acceptors (Lipinski definition) is 3. The van der Waals surface area contributed by atoms with Crippen molar-refractivity contribution >= 4 is 10.0 Å². The molecule has 0 saturated carbocycles. The molecule has 0 spiro atoms. The van der Waals surface area contributed by atoms with Gasteiger partial charge in [0.25, 0.3) is 0 Å². The van der Waals surface area contributed by atoms with Crippen LogP contribution in [0.15, 0.2) is 23.4 Å². The second-order valence-electron chi connectivity index (χ2n) is 4.64. The molecular formula is C11H20N2O3S. The van der Waals surface area contributed by atoms with Crippen LogP contribution in [0.25, 0.3) is 0 Å². The predicted octanol–water partition coefficient (Wildman–Crippen LogP) is 0.710. The Labute approximate surface area is 103 Å². The average molecular weight is 260 g/mol. The SMILES string of the molecule is CC(C)CC(CO)NS(=O)(=O)c1ccn(C)c1. The van der Waals surface area contributed by atoms with Crippen LogP contribution in [0, 0.1) is 5.92 Å². The van der Waals surface area contributed by atoms with E-state index >= 15 is 0 Å². The van der Waals surface area contributed by atoms with Gasteiger partial charge in [0.2, 0.25) is 10.0 Å². The summed E-state index contributed by atoms with van der Waals surface area (Å²) in [6.07, 6.45) is 3.82. The molecule has 1 atom stereocenters. The van der Waals surface area contributed by atoms with Gasteiger partial charge in [-0.05, 0) is 18.4 Å². The number of nitrogens with zero attached hydrogens (tertiary/aromatic N) is 1. The number of aliphatic hydroxyl groups excluding tert-OH is 1. The summed E-state index contributed by atoms with van der Waals surface area (Å²) >= 11 is 0. The first kappa shape index (κ1) is 14.2. The van der Waals surface area contributed by atoms with Gasteiger partial charge in [-0.3, -0.25) is 0 Å². The van der Waals surface area contributed by atoms with Gasteiger partial charge in [0.15, 0.2) is 0 Å². The Morgan fingerprint density at radius 3 is 2.53 bits per heavy atom. The molecule has 6 heteroatoms. The van der Waals surface area contributed by atoms with E-state index in [1.807, 2.05) is 13.8 Å². The summed E-state index contributed by atoms with van der Waals surface area (Å²) in [5.74, 6) is 0.325. The number of hydrogen-bond donors (Lipinski definition) is 2. The first-order valence-electron chi connectivity index (χ1n) is 5.60. The van der Waals surface area contributed by atoms with Gasteiger partial charge in [0.05, 0.1) is 11.5 Å². The van der Waals surface area contributed by atoms with Crippen molar-refractivity contribution < 1.29 is 13.5 Å². The summed E-state index contributed by atoms with van der Waals surface area (Å²) in [5, 5.41) is 9.16. The van der Waals surface area contributed by atoms with Crippen molar-refractivity contribution in [2.75, 3.05) is 6.61 Å². The lowest BCUT2D eigenvalue weighted by atomic mass is 10.1. The number of aryl methyl sites for hydroxylation is 1. The van der Waals surface area contributed by atoms with Crippen molar-refractivity contribution in [1.82, 2.24) is 9.29 Å². The van der Waals surface area contributed by atoms with E-state index in [0.717, 1.165) is 0 Å². The molecule has 0 saturated heterocycles. The third-order valence-electron chi connectivity index (χ3n) is 2.41. The van der Waals surface area contributed by atoms with Gasteiger partial charge in [-0.15, -0.1) is 0 Å². The van der Waals surface area contributed by atoms with Gasteiger partial charge in [-0.1, -0.05) is 13.8 Å². The maximum Gasteiger partial charge on any atom is 0.242 e. The fourth-order valence-corrected chi connectivity index (χ4v) is 2.94. The molecule has 1 aromatic heterocycles. The van der Waals surface area contributed by atoms with Crippen LogP contribution in [0.4, 0.5) is 0 Å². The molecule has 17 heavy (non-hydrogen) atoms. The average Bonchev–Trinajstić information content (AvgIpc) is 2.63. The smallest absolute Gasteiger partial charge is 0.242 e. The second kappa shape index (κ2) is 5.66. The maximum absolute atomic E-state index is 12.0. The van der Waals surface area contributed by atoms with E-state index in [4.69, 9.17) is 5.11 Å². The molecule has 0 aliphatic heterocycles. The molecule has 0 aromatic carbocycles. The highest BCUT2D eigenvalue weighted by Crippen LogP contribution is 2.11. The largest absolute Gasteiger partial charge is 0.395 e. The van der Waals surface area contributed by atoms with E-state index in [0.29, 0.717) is 12.3 Å². The van der Waals surface area contributed by atoms with E-state index in [1.54, 1.807) is 17.8 Å². The van der Waals surface area contributed by atoms with Gasteiger partial charge in [0.1, 0.15) is 0 Å². The van der Waals surface area contributed by atoms with E-state index in [1.165, 1.54) is 12.3 Å². The Morgan fingerprint density at radius 1 is 1.47 bits per heavy atom. The Kier molecular flexibility index (Phi) is 4.73. The first-order chi connectivity index (χ1) is 7.85. The zero-order chi connectivity index (χ0) is 13.1. The minimum Gasteiger partial charge on any atom is -0.395 e. The van der Waals surface area contributed by atoms with E-state index in [9.17, 15) is 8.42 Å². The molecule has 0 bridgehead atoms. The number of rotatable bonds is 6. The summed E-state index contributed by atoms with van der Waals surface area (Å²) in [6, 6.07) is 1.10. The number of nitrogens with one attached hydrogen (secondary N) is 1. The van der Waals surface area contributed by atoms with E-state index in [-0.39, 0.29) is 11.5 Å². The summed E-state index contributed by atoms with van der Waals surface area (Å²) in [6.45, 7) is 3.78. The molecule has 1 rings (SSSR count). The van der Waals surface area contributed by atoms with Crippen molar-refractivity contribution in [1.29, 1.82) is 0 Å². The second-order valence-corrected chi connectivity index (χ2v) is 6.36. The molecule has 5 nitrogen and oxygen atoms in total. The minimum atomic E-state index is -3.53. The number of sulfonamides is 1. The fourth-order valence-electron chi connectivity index (χ4n) is 1.65. The third-order valence-corrected chi connectivity index (χ3v) is 3.92. The highest BCUT2D eigenvalue weighted by Gasteiger charge is 2.20. The zero-order valence-corrected chi connectivity index (χ0v) is 11.2. The highest BCUT2D eigenvalue weighted by atomic mass is 32.2. The van der Waals surface area contributed by atoms with Gasteiger partial charge < -0.3 is 9.67 Å². The zero-order valence-electron chi connectivity index (χ0n) is 10.4. The van der Waals surface area contributed by atoms with Crippen LogP contribution in [-0.2, 0) is 17.1 Å². The van der Waals surface area contributed by atoms with Gasteiger partial charge in [0, 0.05) is 25.5 Å². The molecule has 1 aromatic rings. The van der Waals surface area contributed by atoms with Crippen LogP contribution in [0.2, 0.25) is 0 Å². The van der Waals surface area contributed by atoms with Crippen molar-refractivity contribution in [2.45, 2.75) is 31.2 Å². The van der Waals surface area contributed by atoms with Crippen molar-refractivity contribution in [3.8, 4) is 0 Å². The summed E-state index contributed by atoms with van der Waals surface area (Å²) < 4.78 is 28.1. The molecule has 0 fully saturated rings. The molecular weight excluding hydrogens is 240 g/mol. The number of aliphatic hydroxyl groups is 1. The summed E-state index contributed by atoms with van der Waals surface area (Å²) in [5.41, 5.74) is 0. The van der Waals surface area contributed by atoms with Gasteiger partial charge >= 0.3 is 0 Å². The molecule has 0 aliphatic carbocycles. The van der Waals surface area contributed by atoms with Gasteiger partial charge in [-0.2, -0.15) is 0 Å². The lowest BCUT2D eigenvalue weighted by Gasteiger charge is -2.17. The maximum atomic E-state index is 12.0. The van der Waals surface area contributed by atoms with Crippen LogP contribution >= 0.6 is 0 Å². The molecule has 0 radical (unpaired) electrons. The van der Waals surface area contributed by atoms with E-state index in [2.05, 4.69) is 4.72 Å². The summed E-state index contributed by atoms with van der Waals surface area (Å²) in [7, 11) is -1.77. The Balaban J connectivity index is 2.78. The fraction of sp³-hybridized carbons (Fsp3) is 0.636. The molecule has 0 amide bonds. The van der Waals surface area contributed by atoms with Crippen LogP contribution < -0.4 is 4.72 Å². The van der Waals surface area contributed by atoms with Gasteiger partial charge in [-0.25, -0.2) is 13.1 Å². The summed E-state index contributed by atoms with van der Waals surface area (Å²) in [4.78, 5) is 0.224. The highest BCUT2D eigenvalue weighted by molar-refractivity contribution is 7.89. The van der Waals surface area contributed by atoms with E-state index < -0.39 is 16.1 Å². The van der Waals surface area contributed by atoms with Crippen LogP contribution in [0.3, 0.4) is 0 Å². The first-order valence-corrected chi connectivity index (χ1v) is 7.08.